The number of nitrogens with one attached hydrogen (secondary N) is 1. The SMILES string of the molecule is Cc1cccc(C(=O)NCCCn2ncc3c2c(C)nn3C)c1. The van der Waals surface area contributed by atoms with E-state index in [2.05, 4.69) is 15.5 Å². The standard InChI is InChI=1S/C17H21N5O/c1-12-6-4-7-14(10-12)17(23)18-8-5-9-22-16-13(2)20-21(3)15(16)11-19-22/h4,6-7,10-11H,5,8-9H2,1-3H3,(H,18,23). The van der Waals surface area contributed by atoms with Crippen molar-refractivity contribution in [2.45, 2.75) is 26.8 Å². The first-order valence-electron chi connectivity index (χ1n) is 7.76. The first-order chi connectivity index (χ1) is 11.1. The van der Waals surface area contributed by atoms with Crippen LogP contribution in [0.3, 0.4) is 0 Å². The molecule has 6 heteroatoms. The maximum absolute atomic E-state index is 12.1. The molecule has 0 atom stereocenters. The van der Waals surface area contributed by atoms with Crippen LogP contribution in [0, 0.1) is 13.8 Å². The van der Waals surface area contributed by atoms with Crippen molar-refractivity contribution in [3.05, 3.63) is 47.3 Å². The first-order valence-corrected chi connectivity index (χ1v) is 7.76. The fourth-order valence-electron chi connectivity index (χ4n) is 2.80. The van der Waals surface area contributed by atoms with Gasteiger partial charge in [-0.3, -0.25) is 14.2 Å². The molecule has 1 amide bonds. The van der Waals surface area contributed by atoms with Gasteiger partial charge < -0.3 is 5.32 Å². The molecule has 1 N–H and O–H groups in total. The molecule has 0 radical (unpaired) electrons. The van der Waals surface area contributed by atoms with E-state index < -0.39 is 0 Å². The highest BCUT2D eigenvalue weighted by atomic mass is 16.1. The van der Waals surface area contributed by atoms with Crippen LogP contribution < -0.4 is 5.32 Å². The summed E-state index contributed by atoms with van der Waals surface area (Å²) < 4.78 is 3.80. The summed E-state index contributed by atoms with van der Waals surface area (Å²) in [6.45, 7) is 5.34. The Morgan fingerprint density at radius 2 is 2.13 bits per heavy atom. The van der Waals surface area contributed by atoms with Crippen molar-refractivity contribution in [3.63, 3.8) is 0 Å². The second-order valence-electron chi connectivity index (χ2n) is 5.79. The quantitative estimate of drug-likeness (QED) is 0.735. The second-order valence-corrected chi connectivity index (χ2v) is 5.79. The minimum Gasteiger partial charge on any atom is -0.352 e. The summed E-state index contributed by atoms with van der Waals surface area (Å²) in [6.07, 6.45) is 2.66. The van der Waals surface area contributed by atoms with Gasteiger partial charge in [-0.05, 0) is 32.4 Å². The lowest BCUT2D eigenvalue weighted by atomic mass is 10.1. The van der Waals surface area contributed by atoms with Crippen molar-refractivity contribution in [2.75, 3.05) is 6.54 Å². The zero-order valence-electron chi connectivity index (χ0n) is 13.7. The number of aryl methyl sites for hydroxylation is 4. The van der Waals surface area contributed by atoms with Gasteiger partial charge >= 0.3 is 0 Å². The maximum Gasteiger partial charge on any atom is 0.251 e. The van der Waals surface area contributed by atoms with Crippen LogP contribution in [0.15, 0.2) is 30.5 Å². The van der Waals surface area contributed by atoms with Crippen molar-refractivity contribution in [3.8, 4) is 0 Å². The molecule has 0 unspecified atom stereocenters. The predicted octanol–water partition coefficient (Wildman–Crippen LogP) is 2.21. The number of hydrogen-bond donors (Lipinski definition) is 1. The van der Waals surface area contributed by atoms with Crippen molar-refractivity contribution in [1.82, 2.24) is 24.9 Å². The molecule has 2 heterocycles. The van der Waals surface area contributed by atoms with Crippen molar-refractivity contribution < 1.29 is 4.79 Å². The largest absolute Gasteiger partial charge is 0.352 e. The number of amides is 1. The molecule has 3 aromatic rings. The predicted molar refractivity (Wildman–Crippen MR) is 89.4 cm³/mol. The van der Waals surface area contributed by atoms with Crippen LogP contribution in [0.5, 0.6) is 0 Å². The second kappa shape index (κ2) is 6.24. The Hall–Kier alpha value is -2.63. The van der Waals surface area contributed by atoms with Gasteiger partial charge in [0.05, 0.1) is 11.9 Å². The molecular formula is C17H21N5O. The summed E-state index contributed by atoms with van der Waals surface area (Å²) in [4.78, 5) is 12.1. The molecule has 6 nitrogen and oxygen atoms in total. The summed E-state index contributed by atoms with van der Waals surface area (Å²) in [5.41, 5.74) is 4.87. The molecule has 3 rings (SSSR count). The van der Waals surface area contributed by atoms with Gasteiger partial charge in [0.1, 0.15) is 11.0 Å². The minimum absolute atomic E-state index is 0.0307. The van der Waals surface area contributed by atoms with Gasteiger partial charge in [-0.25, -0.2) is 0 Å². The number of nitrogens with zero attached hydrogens (tertiary/aromatic N) is 4. The summed E-state index contributed by atoms with van der Waals surface area (Å²) in [6, 6.07) is 7.61. The Balaban J connectivity index is 1.56. The lowest BCUT2D eigenvalue weighted by molar-refractivity contribution is 0.0952. The van der Waals surface area contributed by atoms with E-state index in [0.717, 1.165) is 35.3 Å². The molecule has 2 aromatic heterocycles. The summed E-state index contributed by atoms with van der Waals surface area (Å²) >= 11 is 0. The molecule has 0 spiro atoms. The van der Waals surface area contributed by atoms with Crippen LogP contribution in [-0.4, -0.2) is 32.0 Å². The first kappa shape index (κ1) is 15.3. The third kappa shape index (κ3) is 3.11. The van der Waals surface area contributed by atoms with Crippen molar-refractivity contribution in [1.29, 1.82) is 0 Å². The summed E-state index contributed by atoms with van der Waals surface area (Å²) in [5, 5.41) is 11.8. The van der Waals surface area contributed by atoms with E-state index in [4.69, 9.17) is 0 Å². The molecule has 0 aliphatic rings. The van der Waals surface area contributed by atoms with Gasteiger partial charge in [0.2, 0.25) is 0 Å². The van der Waals surface area contributed by atoms with E-state index >= 15 is 0 Å². The fourth-order valence-corrected chi connectivity index (χ4v) is 2.80. The third-order valence-electron chi connectivity index (χ3n) is 3.92. The van der Waals surface area contributed by atoms with Crippen LogP contribution in [0.1, 0.15) is 28.0 Å². The molecule has 0 saturated carbocycles. The van der Waals surface area contributed by atoms with Gasteiger partial charge in [0, 0.05) is 25.7 Å². The molecule has 23 heavy (non-hydrogen) atoms. The number of fused-ring (bicyclic) bond motifs is 1. The van der Waals surface area contributed by atoms with Crippen molar-refractivity contribution >= 4 is 16.9 Å². The minimum atomic E-state index is -0.0307. The Morgan fingerprint density at radius 1 is 1.30 bits per heavy atom. The normalized spacial score (nSPS) is 11.1. The Morgan fingerprint density at radius 3 is 2.91 bits per heavy atom. The molecule has 0 aliphatic heterocycles. The highest BCUT2D eigenvalue weighted by Gasteiger charge is 2.11. The zero-order valence-corrected chi connectivity index (χ0v) is 13.7. The van der Waals surface area contributed by atoms with Gasteiger partial charge in [-0.15, -0.1) is 0 Å². The molecule has 0 bridgehead atoms. The molecule has 0 aliphatic carbocycles. The fraction of sp³-hybridized carbons (Fsp3) is 0.353. The molecule has 0 fully saturated rings. The monoisotopic (exact) mass is 311 g/mol. The number of hydrogen-bond acceptors (Lipinski definition) is 3. The smallest absolute Gasteiger partial charge is 0.251 e. The lowest BCUT2D eigenvalue weighted by Gasteiger charge is -2.06. The number of rotatable bonds is 5. The van der Waals surface area contributed by atoms with E-state index in [1.807, 2.05) is 60.7 Å². The van der Waals surface area contributed by atoms with Crippen LogP contribution in [0.25, 0.3) is 11.0 Å². The maximum atomic E-state index is 12.1. The van der Waals surface area contributed by atoms with Crippen LogP contribution in [-0.2, 0) is 13.6 Å². The van der Waals surface area contributed by atoms with Crippen LogP contribution in [0.4, 0.5) is 0 Å². The van der Waals surface area contributed by atoms with Gasteiger partial charge in [-0.2, -0.15) is 10.2 Å². The van der Waals surface area contributed by atoms with Gasteiger partial charge in [0.25, 0.3) is 5.91 Å². The van der Waals surface area contributed by atoms with Gasteiger partial charge in [0.15, 0.2) is 0 Å². The Kier molecular flexibility index (Phi) is 4.14. The van der Waals surface area contributed by atoms with E-state index in [1.54, 1.807) is 0 Å². The average molecular weight is 311 g/mol. The zero-order chi connectivity index (χ0) is 16.4. The highest BCUT2D eigenvalue weighted by molar-refractivity contribution is 5.94. The third-order valence-corrected chi connectivity index (χ3v) is 3.92. The number of carbonyl (C=O) groups is 1. The molecule has 120 valence electrons. The summed E-state index contributed by atoms with van der Waals surface area (Å²) in [7, 11) is 1.92. The number of aromatic nitrogens is 4. The van der Waals surface area contributed by atoms with Crippen molar-refractivity contribution in [2.24, 2.45) is 7.05 Å². The Bertz CT molecular complexity index is 846. The van der Waals surface area contributed by atoms with E-state index in [0.29, 0.717) is 12.1 Å². The average Bonchev–Trinajstić information content (AvgIpc) is 3.06. The van der Waals surface area contributed by atoms with E-state index in [-0.39, 0.29) is 5.91 Å². The molecular weight excluding hydrogens is 290 g/mol. The highest BCUT2D eigenvalue weighted by Crippen LogP contribution is 2.16. The number of carbonyl (C=O) groups excluding carboxylic acids is 1. The molecule has 1 aromatic carbocycles. The molecule has 0 saturated heterocycles. The number of benzene rings is 1. The summed E-state index contributed by atoms with van der Waals surface area (Å²) in [5.74, 6) is -0.0307. The van der Waals surface area contributed by atoms with E-state index in [9.17, 15) is 4.79 Å². The van der Waals surface area contributed by atoms with Crippen LogP contribution in [0.2, 0.25) is 0 Å². The van der Waals surface area contributed by atoms with Crippen LogP contribution >= 0.6 is 0 Å². The van der Waals surface area contributed by atoms with E-state index in [1.165, 1.54) is 0 Å². The Labute approximate surface area is 135 Å². The van der Waals surface area contributed by atoms with Gasteiger partial charge in [-0.1, -0.05) is 17.7 Å². The lowest BCUT2D eigenvalue weighted by Crippen LogP contribution is -2.25. The topological polar surface area (TPSA) is 64.7 Å².